The maximum atomic E-state index is 15.6. The second kappa shape index (κ2) is 10.7. The summed E-state index contributed by atoms with van der Waals surface area (Å²) in [6.07, 6.45) is -6.56. The van der Waals surface area contributed by atoms with E-state index in [1.165, 1.54) is 17.2 Å². The molecule has 6 rings (SSSR count). The monoisotopic (exact) mass is 637 g/mol. The fourth-order valence-electron chi connectivity index (χ4n) is 4.76. The van der Waals surface area contributed by atoms with Gasteiger partial charge in [-0.05, 0) is 11.8 Å². The second-order valence-electron chi connectivity index (χ2n) is 9.24. The van der Waals surface area contributed by atoms with E-state index in [2.05, 4.69) is 15.0 Å². The molecule has 3 saturated heterocycles. The van der Waals surface area contributed by atoms with Crippen LogP contribution in [-0.2, 0) is 43.9 Å². The van der Waals surface area contributed by atoms with E-state index in [4.69, 9.17) is 45.1 Å². The quantitative estimate of drug-likeness (QED) is 0.262. The lowest BCUT2D eigenvalue weighted by Crippen LogP contribution is -2.36. The summed E-state index contributed by atoms with van der Waals surface area (Å²) in [7, 11) is -4.88. The maximum Gasteiger partial charge on any atom is 0.472 e. The minimum atomic E-state index is -4.88. The first-order valence-electron chi connectivity index (χ1n) is 11.9. The fraction of sp³-hybridized carbons (Fsp3) is 0.526. The van der Waals surface area contributed by atoms with Crippen LogP contribution in [0.1, 0.15) is 18.9 Å². The molecule has 41 heavy (non-hydrogen) atoms. The molecule has 3 aliphatic rings. The molecule has 3 fully saturated rings. The van der Waals surface area contributed by atoms with E-state index in [0.717, 1.165) is 16.8 Å². The number of phosphoric acid groups is 1. The minimum Gasteiger partial charge on any atom is -0.382 e. The SMILES string of the molecule is Nc1ncnc2c1ncn2[C@@H]1O[C@@H]2COP(O)(=S)O[C@H]3[C@@H](F)[C@H](n4ccc(=O)[nH]c4=O)O[C@@H]3COP(=O)(O)O[C@@H]1C2. The average Bonchev–Trinajstić information content (AvgIpc) is 3.58. The zero-order valence-electron chi connectivity index (χ0n) is 20.5. The molecular weight excluding hydrogens is 615 g/mol. The van der Waals surface area contributed by atoms with E-state index in [9.17, 15) is 23.9 Å². The van der Waals surface area contributed by atoms with Crippen molar-refractivity contribution in [3.8, 4) is 0 Å². The molecule has 2 bridgehead atoms. The Hall–Kier alpha value is -2.48. The summed E-state index contributed by atoms with van der Waals surface area (Å²) in [4.78, 5) is 59.2. The number of nitrogens with two attached hydrogens (primary N) is 1. The van der Waals surface area contributed by atoms with Crippen LogP contribution >= 0.6 is 14.5 Å². The highest BCUT2D eigenvalue weighted by Gasteiger charge is 2.51. The summed E-state index contributed by atoms with van der Waals surface area (Å²) in [5.41, 5.74) is 4.65. The van der Waals surface area contributed by atoms with Gasteiger partial charge in [-0.3, -0.25) is 32.5 Å². The van der Waals surface area contributed by atoms with Crippen molar-refractivity contribution in [2.45, 2.75) is 49.5 Å². The van der Waals surface area contributed by atoms with Gasteiger partial charge in [0.25, 0.3) is 5.56 Å². The number of aromatic amines is 1. The number of nitrogens with zero attached hydrogens (tertiary/aromatic N) is 5. The van der Waals surface area contributed by atoms with E-state index < -0.39 is 75.4 Å². The molecule has 0 spiro atoms. The summed E-state index contributed by atoms with van der Waals surface area (Å²) in [6.45, 7) is -5.35. The zero-order valence-corrected chi connectivity index (χ0v) is 23.1. The summed E-state index contributed by atoms with van der Waals surface area (Å²) >= 11 is 5.09. The predicted octanol–water partition coefficient (Wildman–Crippen LogP) is -0.384. The number of rotatable bonds is 2. The lowest BCUT2D eigenvalue weighted by Gasteiger charge is -2.26. The molecule has 22 heteroatoms. The molecule has 0 aromatic carbocycles. The number of imidazole rings is 1. The van der Waals surface area contributed by atoms with Crippen LogP contribution in [0.4, 0.5) is 10.2 Å². The van der Waals surface area contributed by atoms with Crippen LogP contribution < -0.4 is 17.0 Å². The van der Waals surface area contributed by atoms with Crippen LogP contribution in [0.3, 0.4) is 0 Å². The van der Waals surface area contributed by atoms with Crippen molar-refractivity contribution in [3.05, 3.63) is 45.8 Å². The van der Waals surface area contributed by atoms with Crippen LogP contribution in [0.5, 0.6) is 0 Å². The van der Waals surface area contributed by atoms with Gasteiger partial charge in [-0.15, -0.1) is 0 Å². The topological polar surface area (TPSA) is 237 Å². The average molecular weight is 637 g/mol. The molecule has 222 valence electrons. The first-order chi connectivity index (χ1) is 19.4. The normalized spacial score (nSPS) is 38.2. The van der Waals surface area contributed by atoms with Gasteiger partial charge >= 0.3 is 20.2 Å². The number of phosphoric ester groups is 1. The van der Waals surface area contributed by atoms with Gasteiger partial charge in [0.1, 0.15) is 30.2 Å². The number of hydrogen-bond acceptors (Lipinski definition) is 14. The van der Waals surface area contributed by atoms with Gasteiger partial charge < -0.3 is 29.5 Å². The third-order valence-electron chi connectivity index (χ3n) is 6.55. The highest BCUT2D eigenvalue weighted by atomic mass is 32.5. The molecule has 3 aliphatic heterocycles. The van der Waals surface area contributed by atoms with Crippen LogP contribution in [0, 0.1) is 0 Å². The van der Waals surface area contributed by atoms with Crippen molar-refractivity contribution in [2.24, 2.45) is 0 Å². The number of aromatic nitrogens is 6. The first kappa shape index (κ1) is 28.6. The Balaban J connectivity index is 1.29. The van der Waals surface area contributed by atoms with Crippen LogP contribution in [0.2, 0.25) is 0 Å². The molecule has 3 aromatic rings. The lowest BCUT2D eigenvalue weighted by molar-refractivity contribution is -0.0652. The highest BCUT2D eigenvalue weighted by Crippen LogP contribution is 2.54. The molecule has 9 atom stereocenters. The molecule has 5 N–H and O–H groups in total. The zero-order chi connectivity index (χ0) is 29.1. The minimum absolute atomic E-state index is 0.0273. The fourth-order valence-corrected chi connectivity index (χ4v) is 7.14. The Labute approximate surface area is 233 Å². The number of hydrogen-bond donors (Lipinski definition) is 4. The molecule has 3 aromatic heterocycles. The van der Waals surface area contributed by atoms with E-state index in [-0.39, 0.29) is 30.0 Å². The molecule has 0 aliphatic carbocycles. The Morgan fingerprint density at radius 2 is 1.88 bits per heavy atom. The predicted molar refractivity (Wildman–Crippen MR) is 136 cm³/mol. The van der Waals surface area contributed by atoms with E-state index in [1.54, 1.807) is 0 Å². The molecule has 0 saturated carbocycles. The third kappa shape index (κ3) is 5.65. The summed E-state index contributed by atoms with van der Waals surface area (Å²) < 4.78 is 63.8. The van der Waals surface area contributed by atoms with Crippen LogP contribution in [0.25, 0.3) is 11.2 Å². The van der Waals surface area contributed by atoms with Crippen molar-refractivity contribution in [3.63, 3.8) is 0 Å². The molecular formula is C19H22FN7O11P2S. The van der Waals surface area contributed by atoms with Gasteiger partial charge in [0.05, 0.1) is 25.6 Å². The maximum absolute atomic E-state index is 15.6. The Morgan fingerprint density at radius 3 is 2.66 bits per heavy atom. The molecule has 0 radical (unpaired) electrons. The molecule has 6 heterocycles. The number of ether oxygens (including phenoxy) is 2. The van der Waals surface area contributed by atoms with Crippen molar-refractivity contribution in [2.75, 3.05) is 18.9 Å². The number of nitrogens with one attached hydrogen (secondary N) is 1. The number of alkyl halides is 1. The largest absolute Gasteiger partial charge is 0.472 e. The van der Waals surface area contributed by atoms with Crippen molar-refractivity contribution in [1.82, 2.24) is 29.1 Å². The summed E-state index contributed by atoms with van der Waals surface area (Å²) in [5.74, 6) is 0.0974. The number of H-pyrrole nitrogens is 1. The van der Waals surface area contributed by atoms with Crippen LogP contribution in [0.15, 0.2) is 34.5 Å². The van der Waals surface area contributed by atoms with E-state index in [0.29, 0.717) is 0 Å². The summed E-state index contributed by atoms with van der Waals surface area (Å²) in [5, 5.41) is 0. The third-order valence-corrected chi connectivity index (χ3v) is 9.12. The second-order valence-corrected chi connectivity index (χ2v) is 13.4. The van der Waals surface area contributed by atoms with Gasteiger partial charge in [-0.1, -0.05) is 0 Å². The van der Waals surface area contributed by atoms with Gasteiger partial charge in [0, 0.05) is 18.7 Å². The number of nitrogen functional groups attached to an aromatic ring is 1. The van der Waals surface area contributed by atoms with Gasteiger partial charge in [-0.25, -0.2) is 28.7 Å². The number of halogens is 1. The number of fused-ring (bicyclic) bond motifs is 4. The van der Waals surface area contributed by atoms with Crippen molar-refractivity contribution < 1.29 is 46.3 Å². The van der Waals surface area contributed by atoms with Gasteiger partial charge in [-0.2, -0.15) is 0 Å². The Kier molecular flexibility index (Phi) is 7.44. The number of anilines is 1. The van der Waals surface area contributed by atoms with Crippen molar-refractivity contribution >= 4 is 43.3 Å². The lowest BCUT2D eigenvalue weighted by atomic mass is 10.1. The van der Waals surface area contributed by atoms with E-state index in [1.807, 2.05) is 4.98 Å². The summed E-state index contributed by atoms with van der Waals surface area (Å²) in [6, 6.07) is 0.967. The Bertz CT molecular complexity index is 1690. The van der Waals surface area contributed by atoms with Crippen LogP contribution in [-0.4, -0.2) is 82.7 Å². The Morgan fingerprint density at radius 1 is 1.07 bits per heavy atom. The van der Waals surface area contributed by atoms with Gasteiger partial charge in [0.2, 0.25) is 0 Å². The standard InChI is InChI=1S/C19H22FN7O11P2S/c20-12-14-10(36-18(12)26-2-1-11(28)25-19(26)29)5-33-39(30,31)37-9-3-8(4-34-40(32,41)38-14)35-17(9)27-7-24-13-15(21)22-6-23-16(13)27/h1-2,6-10,12,14,17-18H,3-5H2,(H,30,31)(H,32,41)(H2,21,22,23)(H,25,28,29)/t8-,9+,10+,12+,14+,17+,18+,40?/m0/s1. The van der Waals surface area contributed by atoms with Gasteiger partial charge in [0.15, 0.2) is 30.1 Å². The smallest absolute Gasteiger partial charge is 0.382 e. The highest BCUT2D eigenvalue weighted by molar-refractivity contribution is 8.07. The van der Waals surface area contributed by atoms with Crippen molar-refractivity contribution in [1.29, 1.82) is 0 Å². The van der Waals surface area contributed by atoms with E-state index >= 15 is 4.39 Å². The first-order valence-corrected chi connectivity index (χ1v) is 16.0. The molecule has 2 unspecified atom stereocenters. The molecule has 0 amide bonds. The molecule has 18 nitrogen and oxygen atoms in total.